The van der Waals surface area contributed by atoms with E-state index in [0.29, 0.717) is 0 Å². The van der Waals surface area contributed by atoms with Gasteiger partial charge < -0.3 is 0 Å². The Hall–Kier alpha value is -1.78. The standard InChI is InChI=1S/C18H21NO2S/c1-18(2,3)14-9-11-15(12-10-14)22-16(17(20)19-21)13-7-5-4-6-8-13/h4-12,16,21H,1-3H3,(H,19,20). The molecule has 1 unspecified atom stereocenters. The molecule has 0 aliphatic carbocycles. The molecule has 0 saturated heterocycles. The average Bonchev–Trinajstić information content (AvgIpc) is 2.52. The van der Waals surface area contributed by atoms with Gasteiger partial charge in [-0.2, -0.15) is 0 Å². The zero-order valence-corrected chi connectivity index (χ0v) is 13.9. The van der Waals surface area contributed by atoms with Gasteiger partial charge in [-0.05, 0) is 28.7 Å². The van der Waals surface area contributed by atoms with Gasteiger partial charge in [0.1, 0.15) is 5.25 Å². The van der Waals surface area contributed by atoms with E-state index in [2.05, 4.69) is 32.9 Å². The predicted octanol–water partition coefficient (Wildman–Crippen LogP) is 4.32. The number of hydroxylamine groups is 1. The number of carbonyl (C=O) groups is 1. The molecule has 0 saturated carbocycles. The lowest BCUT2D eigenvalue weighted by atomic mass is 9.87. The summed E-state index contributed by atoms with van der Waals surface area (Å²) in [5, 5.41) is 8.50. The van der Waals surface area contributed by atoms with Crippen molar-refractivity contribution in [2.75, 3.05) is 0 Å². The minimum absolute atomic E-state index is 0.102. The predicted molar refractivity (Wildman–Crippen MR) is 90.1 cm³/mol. The first-order valence-corrected chi connectivity index (χ1v) is 8.06. The molecule has 1 amide bonds. The summed E-state index contributed by atoms with van der Waals surface area (Å²) in [5.41, 5.74) is 3.97. The van der Waals surface area contributed by atoms with Crippen molar-refractivity contribution in [2.24, 2.45) is 0 Å². The fourth-order valence-corrected chi connectivity index (χ4v) is 3.15. The molecule has 0 heterocycles. The monoisotopic (exact) mass is 315 g/mol. The number of hydrogen-bond donors (Lipinski definition) is 2. The van der Waals surface area contributed by atoms with Gasteiger partial charge >= 0.3 is 0 Å². The molecule has 0 aliphatic heterocycles. The van der Waals surface area contributed by atoms with E-state index in [1.165, 1.54) is 17.3 Å². The quantitative estimate of drug-likeness (QED) is 0.502. The fourth-order valence-electron chi connectivity index (χ4n) is 2.13. The molecule has 2 aromatic carbocycles. The van der Waals surface area contributed by atoms with Crippen molar-refractivity contribution >= 4 is 17.7 Å². The van der Waals surface area contributed by atoms with Crippen LogP contribution in [0.4, 0.5) is 0 Å². The van der Waals surface area contributed by atoms with Gasteiger partial charge in [0.15, 0.2) is 0 Å². The molecule has 0 fully saturated rings. The van der Waals surface area contributed by atoms with E-state index in [4.69, 9.17) is 5.21 Å². The lowest BCUT2D eigenvalue weighted by molar-refractivity contribution is -0.128. The van der Waals surface area contributed by atoms with Gasteiger partial charge in [-0.1, -0.05) is 63.2 Å². The van der Waals surface area contributed by atoms with Gasteiger partial charge in [-0.25, -0.2) is 5.48 Å². The number of thioether (sulfide) groups is 1. The summed E-state index contributed by atoms with van der Waals surface area (Å²) in [7, 11) is 0. The maximum absolute atomic E-state index is 12.0. The molecular formula is C18H21NO2S. The van der Waals surface area contributed by atoms with Crippen LogP contribution in [0.25, 0.3) is 0 Å². The van der Waals surface area contributed by atoms with Gasteiger partial charge in [0.2, 0.25) is 0 Å². The molecule has 0 bridgehead atoms. The molecule has 22 heavy (non-hydrogen) atoms. The maximum Gasteiger partial charge on any atom is 0.261 e. The Balaban J connectivity index is 2.23. The molecule has 0 spiro atoms. The third kappa shape index (κ3) is 4.12. The Morgan fingerprint density at radius 2 is 1.64 bits per heavy atom. The highest BCUT2D eigenvalue weighted by Crippen LogP contribution is 2.36. The first kappa shape index (κ1) is 16.6. The Morgan fingerprint density at radius 1 is 1.05 bits per heavy atom. The van der Waals surface area contributed by atoms with Crippen LogP contribution in [0.3, 0.4) is 0 Å². The summed E-state index contributed by atoms with van der Waals surface area (Å²) >= 11 is 1.42. The van der Waals surface area contributed by atoms with Crippen molar-refractivity contribution in [3.05, 3.63) is 65.7 Å². The van der Waals surface area contributed by atoms with E-state index in [-0.39, 0.29) is 5.41 Å². The van der Waals surface area contributed by atoms with E-state index in [1.54, 1.807) is 5.48 Å². The second-order valence-corrected chi connectivity index (χ2v) is 7.34. The van der Waals surface area contributed by atoms with E-state index < -0.39 is 11.2 Å². The zero-order chi connectivity index (χ0) is 16.2. The third-order valence-corrected chi connectivity index (χ3v) is 4.69. The molecule has 2 aromatic rings. The molecule has 3 nitrogen and oxygen atoms in total. The van der Waals surface area contributed by atoms with Gasteiger partial charge in [0, 0.05) is 4.90 Å². The first-order valence-electron chi connectivity index (χ1n) is 7.18. The second-order valence-electron chi connectivity index (χ2n) is 6.16. The molecule has 1 atom stereocenters. The molecule has 116 valence electrons. The number of amides is 1. The van der Waals surface area contributed by atoms with Crippen LogP contribution in [-0.2, 0) is 10.2 Å². The van der Waals surface area contributed by atoms with Gasteiger partial charge in [-0.3, -0.25) is 10.0 Å². The summed E-state index contributed by atoms with van der Waals surface area (Å²) < 4.78 is 0. The number of carbonyl (C=O) groups excluding carboxylic acids is 1. The highest BCUT2D eigenvalue weighted by molar-refractivity contribution is 8.00. The first-order chi connectivity index (χ1) is 10.4. The molecule has 0 aliphatic rings. The Bertz CT molecular complexity index is 618. The van der Waals surface area contributed by atoms with Crippen LogP contribution >= 0.6 is 11.8 Å². The van der Waals surface area contributed by atoms with Crippen molar-refractivity contribution in [1.82, 2.24) is 5.48 Å². The van der Waals surface area contributed by atoms with Gasteiger partial charge in [0.25, 0.3) is 5.91 Å². The third-order valence-electron chi connectivity index (χ3n) is 3.42. The van der Waals surface area contributed by atoms with E-state index in [0.717, 1.165) is 10.5 Å². The van der Waals surface area contributed by atoms with Crippen molar-refractivity contribution in [2.45, 2.75) is 36.3 Å². The summed E-state index contributed by atoms with van der Waals surface area (Å²) in [5.74, 6) is -0.420. The van der Waals surface area contributed by atoms with Crippen LogP contribution in [0.2, 0.25) is 0 Å². The lowest BCUT2D eigenvalue weighted by Crippen LogP contribution is -2.24. The SMILES string of the molecule is CC(C)(C)c1ccc(SC(C(=O)NO)c2ccccc2)cc1. The minimum Gasteiger partial charge on any atom is -0.289 e. The van der Waals surface area contributed by atoms with Crippen LogP contribution in [0.15, 0.2) is 59.5 Å². The van der Waals surface area contributed by atoms with Crippen molar-refractivity contribution in [1.29, 1.82) is 0 Å². The van der Waals surface area contributed by atoms with Crippen LogP contribution in [-0.4, -0.2) is 11.1 Å². The molecule has 2 rings (SSSR count). The fraction of sp³-hybridized carbons (Fsp3) is 0.278. The highest BCUT2D eigenvalue weighted by Gasteiger charge is 2.22. The minimum atomic E-state index is -0.480. The maximum atomic E-state index is 12.0. The second kappa shape index (κ2) is 6.99. The van der Waals surface area contributed by atoms with Crippen molar-refractivity contribution < 1.29 is 10.0 Å². The summed E-state index contributed by atoms with van der Waals surface area (Å²) in [6.07, 6.45) is 0. The number of nitrogens with one attached hydrogen (secondary N) is 1. The number of hydrogen-bond acceptors (Lipinski definition) is 3. The average molecular weight is 315 g/mol. The largest absolute Gasteiger partial charge is 0.289 e. The number of benzene rings is 2. The molecule has 4 heteroatoms. The van der Waals surface area contributed by atoms with E-state index in [1.807, 2.05) is 42.5 Å². The zero-order valence-electron chi connectivity index (χ0n) is 13.0. The Kier molecular flexibility index (Phi) is 5.27. The summed E-state index contributed by atoms with van der Waals surface area (Å²) in [4.78, 5) is 13.0. The van der Waals surface area contributed by atoms with Crippen LogP contribution in [0, 0.1) is 0 Å². The molecule has 0 radical (unpaired) electrons. The smallest absolute Gasteiger partial charge is 0.261 e. The highest BCUT2D eigenvalue weighted by atomic mass is 32.2. The van der Waals surface area contributed by atoms with Gasteiger partial charge in [-0.15, -0.1) is 11.8 Å². The Labute approximate surface area is 135 Å². The summed E-state index contributed by atoms with van der Waals surface area (Å²) in [6, 6.07) is 17.7. The molecule has 0 aromatic heterocycles. The van der Waals surface area contributed by atoms with Crippen molar-refractivity contribution in [3.8, 4) is 0 Å². The van der Waals surface area contributed by atoms with Gasteiger partial charge in [0.05, 0.1) is 0 Å². The van der Waals surface area contributed by atoms with Crippen LogP contribution in [0.5, 0.6) is 0 Å². The lowest BCUT2D eigenvalue weighted by Gasteiger charge is -2.20. The van der Waals surface area contributed by atoms with Crippen LogP contribution in [0.1, 0.15) is 37.1 Å². The molecule has 2 N–H and O–H groups in total. The topological polar surface area (TPSA) is 49.3 Å². The van der Waals surface area contributed by atoms with Crippen molar-refractivity contribution in [3.63, 3.8) is 0 Å². The van der Waals surface area contributed by atoms with Crippen LogP contribution < -0.4 is 5.48 Å². The van der Waals surface area contributed by atoms with E-state index in [9.17, 15) is 4.79 Å². The van der Waals surface area contributed by atoms with E-state index >= 15 is 0 Å². The summed E-state index contributed by atoms with van der Waals surface area (Å²) in [6.45, 7) is 6.50. The number of rotatable bonds is 4. The Morgan fingerprint density at radius 3 is 2.14 bits per heavy atom. The normalized spacial score (nSPS) is 12.7. The molecular weight excluding hydrogens is 294 g/mol.